The molecule has 0 saturated carbocycles. The molecule has 7 nitrogen and oxygen atoms in total. The van der Waals surface area contributed by atoms with E-state index in [4.69, 9.17) is 9.47 Å². The van der Waals surface area contributed by atoms with E-state index in [0.717, 1.165) is 28.1 Å². The number of nitrogens with zero attached hydrogens (tertiary/aromatic N) is 3. The molecule has 8 heteroatoms. The lowest BCUT2D eigenvalue weighted by molar-refractivity contribution is -0.118. The number of aryl methyl sites for hydroxylation is 1. The molecule has 1 heterocycles. The summed E-state index contributed by atoms with van der Waals surface area (Å²) in [6.45, 7) is 2.49. The second-order valence-corrected chi connectivity index (χ2v) is 8.53. The summed E-state index contributed by atoms with van der Waals surface area (Å²) in [5.74, 6) is 2.27. The molecular formula is C26H26N4O3S. The summed E-state index contributed by atoms with van der Waals surface area (Å²) >= 11 is 1.34. The lowest BCUT2D eigenvalue weighted by Crippen LogP contribution is -2.24. The van der Waals surface area contributed by atoms with E-state index in [-0.39, 0.29) is 11.7 Å². The predicted octanol–water partition coefficient (Wildman–Crippen LogP) is 4.67. The van der Waals surface area contributed by atoms with Gasteiger partial charge in [0.1, 0.15) is 11.5 Å². The first-order valence-electron chi connectivity index (χ1n) is 10.8. The van der Waals surface area contributed by atoms with Crippen LogP contribution in [0.4, 0.5) is 0 Å². The van der Waals surface area contributed by atoms with Gasteiger partial charge in [0.2, 0.25) is 5.91 Å². The molecule has 3 aromatic carbocycles. The fourth-order valence-corrected chi connectivity index (χ4v) is 4.20. The minimum absolute atomic E-state index is 0.0851. The van der Waals surface area contributed by atoms with E-state index in [9.17, 15) is 4.79 Å². The quantitative estimate of drug-likeness (QED) is 0.355. The van der Waals surface area contributed by atoms with Gasteiger partial charge >= 0.3 is 0 Å². The number of methoxy groups -OCH3 is 2. The molecule has 0 saturated heterocycles. The molecule has 0 spiro atoms. The Morgan fingerprint density at radius 1 is 0.941 bits per heavy atom. The summed E-state index contributed by atoms with van der Waals surface area (Å²) in [7, 11) is 3.26. The van der Waals surface area contributed by atoms with Gasteiger partial charge in [0.15, 0.2) is 11.0 Å². The molecule has 0 aliphatic rings. The van der Waals surface area contributed by atoms with Gasteiger partial charge < -0.3 is 14.8 Å². The first-order valence-corrected chi connectivity index (χ1v) is 11.8. The highest BCUT2D eigenvalue weighted by Gasteiger charge is 2.19. The second kappa shape index (κ2) is 10.9. The summed E-state index contributed by atoms with van der Waals surface area (Å²) in [6.07, 6.45) is 0. The number of hydrogen-bond acceptors (Lipinski definition) is 6. The van der Waals surface area contributed by atoms with Crippen LogP contribution < -0.4 is 14.8 Å². The van der Waals surface area contributed by atoms with Crippen LogP contribution in [0.5, 0.6) is 11.5 Å². The van der Waals surface area contributed by atoms with Crippen molar-refractivity contribution in [3.8, 4) is 28.6 Å². The van der Waals surface area contributed by atoms with Crippen LogP contribution in [-0.2, 0) is 11.3 Å². The van der Waals surface area contributed by atoms with Crippen molar-refractivity contribution in [1.82, 2.24) is 20.1 Å². The van der Waals surface area contributed by atoms with Crippen molar-refractivity contribution >= 4 is 17.7 Å². The Labute approximate surface area is 203 Å². The summed E-state index contributed by atoms with van der Waals surface area (Å²) < 4.78 is 12.7. The number of carbonyl (C=O) groups is 1. The van der Waals surface area contributed by atoms with Gasteiger partial charge in [-0.15, -0.1) is 10.2 Å². The van der Waals surface area contributed by atoms with Crippen molar-refractivity contribution in [3.05, 3.63) is 83.9 Å². The molecular weight excluding hydrogens is 448 g/mol. The van der Waals surface area contributed by atoms with E-state index in [2.05, 4.69) is 15.5 Å². The number of amides is 1. The van der Waals surface area contributed by atoms with E-state index < -0.39 is 0 Å². The van der Waals surface area contributed by atoms with Crippen LogP contribution in [0.25, 0.3) is 17.1 Å². The topological polar surface area (TPSA) is 78.3 Å². The number of nitrogens with one attached hydrogen (secondary N) is 1. The molecule has 4 rings (SSSR count). The molecule has 0 aliphatic heterocycles. The van der Waals surface area contributed by atoms with E-state index in [1.165, 1.54) is 11.8 Å². The minimum Gasteiger partial charge on any atom is -0.497 e. The molecule has 4 aromatic rings. The first kappa shape index (κ1) is 23.4. The lowest BCUT2D eigenvalue weighted by atomic mass is 10.1. The third kappa shape index (κ3) is 5.40. The van der Waals surface area contributed by atoms with E-state index in [0.29, 0.717) is 23.3 Å². The van der Waals surface area contributed by atoms with Gasteiger partial charge in [0, 0.05) is 12.2 Å². The van der Waals surface area contributed by atoms with Crippen molar-refractivity contribution in [2.24, 2.45) is 0 Å². The average molecular weight is 475 g/mol. The normalized spacial score (nSPS) is 10.7. The number of thioether (sulfide) groups is 1. The molecule has 1 N–H and O–H groups in total. The summed E-state index contributed by atoms with van der Waals surface area (Å²) in [4.78, 5) is 12.5. The van der Waals surface area contributed by atoms with Crippen molar-refractivity contribution in [1.29, 1.82) is 0 Å². The van der Waals surface area contributed by atoms with Crippen molar-refractivity contribution in [2.75, 3.05) is 20.0 Å². The molecule has 1 aromatic heterocycles. The van der Waals surface area contributed by atoms with Crippen LogP contribution in [-0.4, -0.2) is 40.6 Å². The summed E-state index contributed by atoms with van der Waals surface area (Å²) in [5.41, 5.74) is 3.90. The Hall–Kier alpha value is -3.78. The maximum Gasteiger partial charge on any atom is 0.230 e. The Bertz CT molecular complexity index is 1250. The number of hydrogen-bond donors (Lipinski definition) is 1. The monoisotopic (exact) mass is 474 g/mol. The molecule has 1 amide bonds. The summed E-state index contributed by atoms with van der Waals surface area (Å²) in [6, 6.07) is 23.4. The van der Waals surface area contributed by atoms with Crippen LogP contribution >= 0.6 is 11.8 Å². The summed E-state index contributed by atoms with van der Waals surface area (Å²) in [5, 5.41) is 12.4. The molecule has 34 heavy (non-hydrogen) atoms. The largest absolute Gasteiger partial charge is 0.497 e. The van der Waals surface area contributed by atoms with Gasteiger partial charge in [-0.25, -0.2) is 0 Å². The number of aromatic nitrogens is 3. The fraction of sp³-hybridized carbons (Fsp3) is 0.192. The van der Waals surface area contributed by atoms with Gasteiger partial charge in [-0.05, 0) is 48.9 Å². The fourth-order valence-electron chi connectivity index (χ4n) is 3.42. The molecule has 0 unspecified atom stereocenters. The molecule has 0 bridgehead atoms. The molecule has 174 valence electrons. The molecule has 0 aliphatic carbocycles. The highest BCUT2D eigenvalue weighted by atomic mass is 32.2. The van der Waals surface area contributed by atoms with E-state index in [1.807, 2.05) is 84.3 Å². The Morgan fingerprint density at radius 2 is 1.68 bits per heavy atom. The number of ether oxygens (including phenoxy) is 2. The average Bonchev–Trinajstić information content (AvgIpc) is 3.30. The zero-order valence-corrected chi connectivity index (χ0v) is 20.1. The maximum atomic E-state index is 12.5. The number of rotatable bonds is 9. The zero-order valence-electron chi connectivity index (χ0n) is 19.3. The molecule has 0 fully saturated rings. The lowest BCUT2D eigenvalue weighted by Gasteiger charge is -2.13. The van der Waals surface area contributed by atoms with Crippen LogP contribution in [0.2, 0.25) is 0 Å². The van der Waals surface area contributed by atoms with Gasteiger partial charge in [-0.1, -0.05) is 53.7 Å². The smallest absolute Gasteiger partial charge is 0.230 e. The number of para-hydroxylation sites is 1. The Kier molecular flexibility index (Phi) is 7.49. The maximum absolute atomic E-state index is 12.5. The predicted molar refractivity (Wildman–Crippen MR) is 134 cm³/mol. The van der Waals surface area contributed by atoms with Gasteiger partial charge in [0.05, 0.1) is 25.5 Å². The zero-order chi connectivity index (χ0) is 23.9. The highest BCUT2D eigenvalue weighted by Crippen LogP contribution is 2.33. The Morgan fingerprint density at radius 3 is 2.38 bits per heavy atom. The van der Waals surface area contributed by atoms with Gasteiger partial charge in [0.25, 0.3) is 0 Å². The van der Waals surface area contributed by atoms with Crippen LogP contribution in [0, 0.1) is 6.92 Å². The third-order valence-corrected chi connectivity index (χ3v) is 6.18. The standard InChI is InChI=1S/C26H26N4O3S/c1-18-8-12-20(13-9-18)30-25(22-6-4-5-7-23(22)33-3)28-29-26(30)34-17-24(31)27-16-19-10-14-21(32-2)15-11-19/h4-15H,16-17H2,1-3H3,(H,27,31). The first-order chi connectivity index (χ1) is 16.6. The molecule has 0 atom stereocenters. The van der Waals surface area contributed by atoms with Crippen molar-refractivity contribution in [3.63, 3.8) is 0 Å². The van der Waals surface area contributed by atoms with E-state index in [1.54, 1.807) is 14.2 Å². The highest BCUT2D eigenvalue weighted by molar-refractivity contribution is 7.99. The van der Waals surface area contributed by atoms with Crippen molar-refractivity contribution < 1.29 is 14.3 Å². The SMILES string of the molecule is COc1ccc(CNC(=O)CSc2nnc(-c3ccccc3OC)n2-c2ccc(C)cc2)cc1. The van der Waals surface area contributed by atoms with Gasteiger partial charge in [-0.3, -0.25) is 9.36 Å². The Balaban J connectivity index is 1.53. The number of carbonyl (C=O) groups excluding carboxylic acids is 1. The van der Waals surface area contributed by atoms with Crippen LogP contribution in [0.1, 0.15) is 11.1 Å². The van der Waals surface area contributed by atoms with Crippen LogP contribution in [0.3, 0.4) is 0 Å². The molecule has 0 radical (unpaired) electrons. The van der Waals surface area contributed by atoms with Gasteiger partial charge in [-0.2, -0.15) is 0 Å². The van der Waals surface area contributed by atoms with Crippen LogP contribution in [0.15, 0.2) is 78.0 Å². The van der Waals surface area contributed by atoms with Crippen molar-refractivity contribution in [2.45, 2.75) is 18.6 Å². The minimum atomic E-state index is -0.0851. The number of benzene rings is 3. The third-order valence-electron chi connectivity index (χ3n) is 5.25. The second-order valence-electron chi connectivity index (χ2n) is 7.59. The van der Waals surface area contributed by atoms with E-state index >= 15 is 0 Å².